The maximum atomic E-state index is 13.1. The number of carboxylic acids is 1. The molecule has 0 radical (unpaired) electrons. The molecule has 0 aliphatic carbocycles. The Kier molecular flexibility index (Phi) is 3.65. The van der Waals surface area contributed by atoms with Crippen LogP contribution in [0.3, 0.4) is 0 Å². The number of aliphatic hydroxyl groups excluding tert-OH is 1. The topological polar surface area (TPSA) is 57.5 Å². The van der Waals surface area contributed by atoms with E-state index in [0.29, 0.717) is 12.0 Å². The van der Waals surface area contributed by atoms with Crippen molar-refractivity contribution in [3.05, 3.63) is 35.1 Å². The normalized spacial score (nSPS) is 11.5. The fourth-order valence-corrected chi connectivity index (χ4v) is 1.45. The predicted octanol–water partition coefficient (Wildman–Crippen LogP) is 1.97. The van der Waals surface area contributed by atoms with E-state index in [1.807, 2.05) is 0 Å². The van der Waals surface area contributed by atoms with E-state index in [-0.39, 0.29) is 12.2 Å². The summed E-state index contributed by atoms with van der Waals surface area (Å²) in [5.41, 5.74) is 0.00131. The van der Waals surface area contributed by atoms with E-state index in [2.05, 4.69) is 0 Å². The first-order chi connectivity index (χ1) is 7.36. The van der Waals surface area contributed by atoms with Crippen LogP contribution in [-0.4, -0.2) is 16.2 Å². The van der Waals surface area contributed by atoms with Crippen molar-refractivity contribution in [3.63, 3.8) is 0 Å². The van der Waals surface area contributed by atoms with Crippen molar-refractivity contribution in [1.82, 2.24) is 0 Å². The number of aliphatic hydroxyl groups is 1. The number of benzene rings is 1. The second kappa shape index (κ2) is 4.61. The van der Waals surface area contributed by atoms with Crippen molar-refractivity contribution < 1.29 is 19.4 Å². The Balaban J connectivity index is 2.94. The summed E-state index contributed by atoms with van der Waals surface area (Å²) in [6.07, 6.45) is 0.301. The molecule has 0 atom stereocenters. The predicted molar refractivity (Wildman–Crippen MR) is 57.4 cm³/mol. The van der Waals surface area contributed by atoms with Crippen LogP contribution in [0.15, 0.2) is 18.2 Å². The van der Waals surface area contributed by atoms with E-state index < -0.39 is 17.2 Å². The summed E-state index contributed by atoms with van der Waals surface area (Å²) in [6.45, 7) is 2.84. The van der Waals surface area contributed by atoms with Gasteiger partial charge in [0.2, 0.25) is 0 Å². The molecule has 0 aromatic heterocycles. The number of rotatable bonds is 4. The zero-order valence-electron chi connectivity index (χ0n) is 9.33. The Bertz CT molecular complexity index is 399. The Labute approximate surface area is 93.5 Å². The highest BCUT2D eigenvalue weighted by molar-refractivity contribution is 5.74. The van der Waals surface area contributed by atoms with Gasteiger partial charge in [-0.2, -0.15) is 0 Å². The minimum atomic E-state index is -0.901. The van der Waals surface area contributed by atoms with E-state index >= 15 is 0 Å². The SMILES string of the molecule is CC(C)(Cc1ccc(F)c(CO)c1)C(=O)O. The zero-order valence-corrected chi connectivity index (χ0v) is 9.33. The van der Waals surface area contributed by atoms with Crippen LogP contribution in [-0.2, 0) is 17.8 Å². The lowest BCUT2D eigenvalue weighted by atomic mass is 9.85. The lowest BCUT2D eigenvalue weighted by molar-refractivity contribution is -0.146. The molecule has 0 unspecified atom stereocenters. The largest absolute Gasteiger partial charge is 0.481 e. The highest BCUT2D eigenvalue weighted by atomic mass is 19.1. The van der Waals surface area contributed by atoms with Crippen molar-refractivity contribution in [1.29, 1.82) is 0 Å². The lowest BCUT2D eigenvalue weighted by Gasteiger charge is -2.19. The molecule has 0 spiro atoms. The number of carboxylic acid groups (broad SMARTS) is 1. The van der Waals surface area contributed by atoms with Crippen LogP contribution < -0.4 is 0 Å². The minimum Gasteiger partial charge on any atom is -0.481 e. The molecular weight excluding hydrogens is 211 g/mol. The Morgan fingerprint density at radius 1 is 1.44 bits per heavy atom. The van der Waals surface area contributed by atoms with Gasteiger partial charge in [0.05, 0.1) is 12.0 Å². The van der Waals surface area contributed by atoms with Gasteiger partial charge in [-0.15, -0.1) is 0 Å². The number of halogens is 1. The van der Waals surface area contributed by atoms with Gasteiger partial charge in [-0.1, -0.05) is 12.1 Å². The maximum Gasteiger partial charge on any atom is 0.309 e. The molecule has 4 heteroatoms. The third kappa shape index (κ3) is 2.79. The van der Waals surface area contributed by atoms with Gasteiger partial charge in [0.15, 0.2) is 0 Å². The minimum absolute atomic E-state index is 0.193. The van der Waals surface area contributed by atoms with Gasteiger partial charge >= 0.3 is 5.97 Å². The third-order valence-electron chi connectivity index (χ3n) is 2.51. The van der Waals surface area contributed by atoms with Gasteiger partial charge in [0.1, 0.15) is 5.82 Å². The van der Waals surface area contributed by atoms with Crippen LogP contribution >= 0.6 is 0 Å². The molecule has 3 nitrogen and oxygen atoms in total. The highest BCUT2D eigenvalue weighted by Crippen LogP contribution is 2.23. The monoisotopic (exact) mass is 226 g/mol. The number of carbonyl (C=O) groups is 1. The molecule has 0 saturated carbocycles. The quantitative estimate of drug-likeness (QED) is 0.825. The first-order valence-electron chi connectivity index (χ1n) is 4.98. The zero-order chi connectivity index (χ0) is 12.3. The van der Waals surface area contributed by atoms with Gasteiger partial charge < -0.3 is 10.2 Å². The molecule has 1 aromatic rings. The molecule has 0 amide bonds. The Morgan fingerprint density at radius 3 is 2.56 bits per heavy atom. The molecule has 0 aliphatic rings. The molecule has 0 bridgehead atoms. The lowest BCUT2D eigenvalue weighted by Crippen LogP contribution is -2.26. The Morgan fingerprint density at radius 2 is 2.06 bits per heavy atom. The van der Waals surface area contributed by atoms with Gasteiger partial charge in [-0.3, -0.25) is 4.79 Å². The molecule has 2 N–H and O–H groups in total. The van der Waals surface area contributed by atoms with Crippen LogP contribution in [0.1, 0.15) is 25.0 Å². The molecule has 16 heavy (non-hydrogen) atoms. The number of hydrogen-bond donors (Lipinski definition) is 2. The van der Waals surface area contributed by atoms with Crippen molar-refractivity contribution in [2.45, 2.75) is 26.9 Å². The Hall–Kier alpha value is -1.42. The molecule has 88 valence electrons. The summed E-state index contributed by atoms with van der Waals surface area (Å²) < 4.78 is 13.1. The van der Waals surface area contributed by atoms with E-state index in [1.165, 1.54) is 12.1 Å². The molecule has 0 saturated heterocycles. The van der Waals surface area contributed by atoms with Crippen molar-refractivity contribution in [2.75, 3.05) is 0 Å². The van der Waals surface area contributed by atoms with Crippen molar-refractivity contribution >= 4 is 5.97 Å². The highest BCUT2D eigenvalue weighted by Gasteiger charge is 2.27. The van der Waals surface area contributed by atoms with Crippen LogP contribution in [0.25, 0.3) is 0 Å². The second-order valence-corrected chi connectivity index (χ2v) is 4.45. The van der Waals surface area contributed by atoms with Gasteiger partial charge in [-0.05, 0) is 31.9 Å². The summed E-state index contributed by atoms with van der Waals surface area (Å²) >= 11 is 0. The van der Waals surface area contributed by atoms with Crippen LogP contribution in [0.5, 0.6) is 0 Å². The average molecular weight is 226 g/mol. The van der Waals surface area contributed by atoms with E-state index in [4.69, 9.17) is 10.2 Å². The first-order valence-corrected chi connectivity index (χ1v) is 4.98. The van der Waals surface area contributed by atoms with Crippen LogP contribution in [0.2, 0.25) is 0 Å². The number of hydrogen-bond acceptors (Lipinski definition) is 2. The smallest absolute Gasteiger partial charge is 0.309 e. The fraction of sp³-hybridized carbons (Fsp3) is 0.417. The summed E-state index contributed by atoms with van der Waals surface area (Å²) in [5.74, 6) is -1.37. The van der Waals surface area contributed by atoms with Crippen LogP contribution in [0.4, 0.5) is 4.39 Å². The fourth-order valence-electron chi connectivity index (χ4n) is 1.45. The van der Waals surface area contributed by atoms with Crippen LogP contribution in [0, 0.1) is 11.2 Å². The summed E-state index contributed by atoms with van der Waals surface area (Å²) in [7, 11) is 0. The molecule has 0 fully saturated rings. The van der Waals surface area contributed by atoms with Gasteiger partial charge in [-0.25, -0.2) is 4.39 Å². The molecule has 1 aromatic carbocycles. The van der Waals surface area contributed by atoms with Gasteiger partial charge in [0, 0.05) is 5.56 Å². The average Bonchev–Trinajstić information content (AvgIpc) is 2.20. The van der Waals surface area contributed by atoms with E-state index in [9.17, 15) is 9.18 Å². The van der Waals surface area contributed by atoms with E-state index in [1.54, 1.807) is 19.9 Å². The molecule has 1 rings (SSSR count). The molecule has 0 aliphatic heterocycles. The van der Waals surface area contributed by atoms with Gasteiger partial charge in [0.25, 0.3) is 0 Å². The standard InChI is InChI=1S/C12H15FO3/c1-12(2,11(15)16)6-8-3-4-10(13)9(5-8)7-14/h3-5,14H,6-7H2,1-2H3,(H,15,16). The molecular formula is C12H15FO3. The van der Waals surface area contributed by atoms with Crippen molar-refractivity contribution in [3.8, 4) is 0 Å². The second-order valence-electron chi connectivity index (χ2n) is 4.45. The maximum absolute atomic E-state index is 13.1. The van der Waals surface area contributed by atoms with Crippen molar-refractivity contribution in [2.24, 2.45) is 5.41 Å². The summed E-state index contributed by atoms with van der Waals surface area (Å²) in [4.78, 5) is 10.9. The third-order valence-corrected chi connectivity index (χ3v) is 2.51. The summed E-state index contributed by atoms with van der Waals surface area (Å²) in [5, 5.41) is 17.9. The first kappa shape index (κ1) is 12.6. The molecule has 0 heterocycles. The number of aliphatic carboxylic acids is 1. The summed E-state index contributed by atoms with van der Waals surface area (Å²) in [6, 6.07) is 4.29. The van der Waals surface area contributed by atoms with E-state index in [0.717, 1.165) is 0 Å².